The van der Waals surface area contributed by atoms with Gasteiger partial charge in [0, 0.05) is 24.9 Å². The van der Waals surface area contributed by atoms with Gasteiger partial charge < -0.3 is 19.4 Å². The normalized spacial score (nSPS) is 14.7. The molecule has 0 atom stereocenters. The molecule has 0 radical (unpaired) electrons. The first-order valence-electron chi connectivity index (χ1n) is 8.79. The van der Waals surface area contributed by atoms with Crippen LogP contribution in [0.2, 0.25) is 0 Å². The van der Waals surface area contributed by atoms with Crippen LogP contribution in [-0.2, 0) is 10.5 Å². The summed E-state index contributed by atoms with van der Waals surface area (Å²) in [6, 6.07) is 5.73. The Labute approximate surface area is 161 Å². The number of ether oxygens (including phenoxy) is 2. The van der Waals surface area contributed by atoms with Crippen LogP contribution in [0.25, 0.3) is 11.0 Å². The van der Waals surface area contributed by atoms with E-state index >= 15 is 0 Å². The summed E-state index contributed by atoms with van der Waals surface area (Å²) in [6.07, 6.45) is 1.32. The van der Waals surface area contributed by atoms with Crippen LogP contribution >= 0.6 is 11.8 Å². The number of H-pyrrole nitrogens is 1. The number of nitrogens with zero attached hydrogens (tertiary/aromatic N) is 3. The Morgan fingerprint density at radius 1 is 1.33 bits per heavy atom. The fourth-order valence-electron chi connectivity index (χ4n) is 3.23. The van der Waals surface area contributed by atoms with Gasteiger partial charge in [0.05, 0.1) is 48.9 Å². The number of methoxy groups -OCH3 is 1. The number of aromatic nitrogens is 3. The van der Waals surface area contributed by atoms with Gasteiger partial charge in [-0.15, -0.1) is 0 Å². The molecule has 0 saturated carbocycles. The Bertz CT molecular complexity index is 956. The molecular formula is C19H21FN4O2S. The molecule has 1 fully saturated rings. The number of hydrogen-bond donors (Lipinski definition) is 1. The number of halogens is 1. The van der Waals surface area contributed by atoms with Crippen molar-refractivity contribution in [1.29, 1.82) is 0 Å². The maximum absolute atomic E-state index is 14.4. The number of thioether (sulfide) groups is 1. The first-order chi connectivity index (χ1) is 13.2. The van der Waals surface area contributed by atoms with E-state index in [1.165, 1.54) is 6.20 Å². The van der Waals surface area contributed by atoms with Gasteiger partial charge in [0.2, 0.25) is 0 Å². The van der Waals surface area contributed by atoms with Gasteiger partial charge >= 0.3 is 0 Å². The van der Waals surface area contributed by atoms with E-state index in [1.807, 2.05) is 30.0 Å². The van der Waals surface area contributed by atoms with E-state index in [0.29, 0.717) is 37.7 Å². The fraction of sp³-hybridized carbons (Fsp3) is 0.368. The molecule has 0 aliphatic carbocycles. The van der Waals surface area contributed by atoms with E-state index in [9.17, 15) is 4.39 Å². The smallest absolute Gasteiger partial charge is 0.166 e. The number of hydrogen-bond acceptors (Lipinski definition) is 6. The molecule has 0 unspecified atom stereocenters. The lowest BCUT2D eigenvalue weighted by Crippen LogP contribution is -2.37. The van der Waals surface area contributed by atoms with Gasteiger partial charge in [0.15, 0.2) is 11.0 Å². The summed E-state index contributed by atoms with van der Waals surface area (Å²) in [4.78, 5) is 14.2. The Morgan fingerprint density at radius 3 is 2.93 bits per heavy atom. The van der Waals surface area contributed by atoms with E-state index in [-0.39, 0.29) is 5.82 Å². The molecule has 0 bridgehead atoms. The van der Waals surface area contributed by atoms with E-state index in [0.717, 1.165) is 33.2 Å². The molecule has 142 valence electrons. The highest BCUT2D eigenvalue weighted by molar-refractivity contribution is 7.98. The number of nitrogens with one attached hydrogen (secondary N) is 1. The summed E-state index contributed by atoms with van der Waals surface area (Å²) in [5, 5.41) is 0.803. The molecule has 1 aliphatic heterocycles. The summed E-state index contributed by atoms with van der Waals surface area (Å²) in [5.74, 6) is 1.12. The van der Waals surface area contributed by atoms with Crippen molar-refractivity contribution < 1.29 is 13.9 Å². The average Bonchev–Trinajstić information content (AvgIpc) is 3.10. The molecule has 0 spiro atoms. The van der Waals surface area contributed by atoms with Crippen molar-refractivity contribution in [3.05, 3.63) is 41.5 Å². The summed E-state index contributed by atoms with van der Waals surface area (Å²) in [5.41, 5.74) is 4.19. The molecule has 3 aromatic rings. The van der Waals surface area contributed by atoms with Gasteiger partial charge in [-0.05, 0) is 24.6 Å². The van der Waals surface area contributed by atoms with Crippen molar-refractivity contribution in [3.63, 3.8) is 0 Å². The molecule has 1 aliphatic rings. The van der Waals surface area contributed by atoms with Crippen LogP contribution in [0.3, 0.4) is 0 Å². The minimum Gasteiger partial charge on any atom is -0.497 e. The van der Waals surface area contributed by atoms with Gasteiger partial charge in [-0.25, -0.2) is 9.37 Å². The van der Waals surface area contributed by atoms with Crippen LogP contribution in [0.5, 0.6) is 5.75 Å². The number of benzene rings is 1. The molecule has 8 heteroatoms. The molecule has 0 amide bonds. The third kappa shape index (κ3) is 3.72. The maximum Gasteiger partial charge on any atom is 0.166 e. The molecule has 3 heterocycles. The number of morpholine rings is 1. The zero-order chi connectivity index (χ0) is 18.8. The minimum atomic E-state index is -0.279. The van der Waals surface area contributed by atoms with Crippen molar-refractivity contribution in [2.24, 2.45) is 0 Å². The summed E-state index contributed by atoms with van der Waals surface area (Å²) in [6.45, 7) is 4.56. The monoisotopic (exact) mass is 388 g/mol. The third-order valence-electron chi connectivity index (χ3n) is 4.69. The predicted molar refractivity (Wildman–Crippen MR) is 104 cm³/mol. The van der Waals surface area contributed by atoms with E-state index in [2.05, 4.69) is 15.0 Å². The van der Waals surface area contributed by atoms with E-state index < -0.39 is 0 Å². The van der Waals surface area contributed by atoms with E-state index in [4.69, 9.17) is 9.47 Å². The average molecular weight is 388 g/mol. The lowest BCUT2D eigenvalue weighted by molar-refractivity contribution is 0.122. The van der Waals surface area contributed by atoms with Gasteiger partial charge in [0.25, 0.3) is 0 Å². The molecular weight excluding hydrogens is 367 g/mol. The zero-order valence-corrected chi connectivity index (χ0v) is 16.1. The zero-order valence-electron chi connectivity index (χ0n) is 15.3. The highest BCUT2D eigenvalue weighted by atomic mass is 32.2. The van der Waals surface area contributed by atoms with Crippen molar-refractivity contribution in [1.82, 2.24) is 15.0 Å². The second-order valence-electron chi connectivity index (χ2n) is 6.34. The predicted octanol–water partition coefficient (Wildman–Crippen LogP) is 3.54. The fourth-order valence-corrected chi connectivity index (χ4v) is 4.14. The lowest BCUT2D eigenvalue weighted by atomic mass is 10.1. The molecule has 1 N–H and O–H groups in total. The van der Waals surface area contributed by atoms with Crippen molar-refractivity contribution in [2.75, 3.05) is 38.3 Å². The number of fused-ring (bicyclic) bond motifs is 1. The van der Waals surface area contributed by atoms with Crippen LogP contribution in [0.1, 0.15) is 11.3 Å². The van der Waals surface area contributed by atoms with Crippen LogP contribution in [0, 0.1) is 12.7 Å². The standard InChI is InChI=1S/C19H21FN4O2S/c1-12-17(21-10-14(20)18(12)24-5-7-26-8-6-24)11-27-19-22-15-4-3-13(25-2)9-16(15)23-19/h3-4,9-10H,5-8,11H2,1-2H3,(H,22,23). The van der Waals surface area contributed by atoms with Crippen LogP contribution < -0.4 is 9.64 Å². The van der Waals surface area contributed by atoms with Crippen LogP contribution in [0.4, 0.5) is 10.1 Å². The van der Waals surface area contributed by atoms with Crippen molar-refractivity contribution >= 4 is 28.5 Å². The number of pyridine rings is 1. The molecule has 1 aromatic carbocycles. The second kappa shape index (κ2) is 7.74. The van der Waals surface area contributed by atoms with Crippen molar-refractivity contribution in [2.45, 2.75) is 17.8 Å². The molecule has 6 nitrogen and oxygen atoms in total. The van der Waals surface area contributed by atoms with Gasteiger partial charge in [-0.2, -0.15) is 0 Å². The van der Waals surface area contributed by atoms with Crippen molar-refractivity contribution in [3.8, 4) is 5.75 Å². The number of aromatic amines is 1. The third-order valence-corrected chi connectivity index (χ3v) is 5.57. The first kappa shape index (κ1) is 18.1. The quantitative estimate of drug-likeness (QED) is 0.675. The Balaban J connectivity index is 1.54. The Morgan fingerprint density at radius 2 is 2.15 bits per heavy atom. The first-order valence-corrected chi connectivity index (χ1v) is 9.77. The Kier molecular flexibility index (Phi) is 5.18. The van der Waals surface area contributed by atoms with Gasteiger partial charge in [-0.1, -0.05) is 11.8 Å². The molecule has 1 saturated heterocycles. The molecule has 4 rings (SSSR count). The summed E-state index contributed by atoms with van der Waals surface area (Å²) in [7, 11) is 1.64. The van der Waals surface area contributed by atoms with Gasteiger partial charge in [-0.3, -0.25) is 4.98 Å². The number of rotatable bonds is 5. The van der Waals surface area contributed by atoms with Gasteiger partial charge in [0.1, 0.15) is 5.75 Å². The Hall–Kier alpha value is -2.32. The highest BCUT2D eigenvalue weighted by Gasteiger charge is 2.20. The summed E-state index contributed by atoms with van der Waals surface area (Å²) >= 11 is 1.55. The topological polar surface area (TPSA) is 63.3 Å². The SMILES string of the molecule is COc1ccc2nc(SCc3ncc(F)c(N4CCOCC4)c3C)[nH]c2c1. The minimum absolute atomic E-state index is 0.279. The second-order valence-corrected chi connectivity index (χ2v) is 7.30. The number of imidazole rings is 1. The maximum atomic E-state index is 14.4. The molecule has 27 heavy (non-hydrogen) atoms. The van der Waals surface area contributed by atoms with E-state index in [1.54, 1.807) is 18.9 Å². The summed E-state index contributed by atoms with van der Waals surface area (Å²) < 4.78 is 25.0. The largest absolute Gasteiger partial charge is 0.497 e. The van der Waals surface area contributed by atoms with Crippen LogP contribution in [-0.4, -0.2) is 48.4 Å². The highest BCUT2D eigenvalue weighted by Crippen LogP contribution is 2.30. The lowest BCUT2D eigenvalue weighted by Gasteiger charge is -2.30. The van der Waals surface area contributed by atoms with Crippen LogP contribution in [0.15, 0.2) is 29.6 Å². The molecule has 2 aromatic heterocycles. The number of anilines is 1.